The first kappa shape index (κ1) is 22.5. The predicted molar refractivity (Wildman–Crippen MR) is 131 cm³/mol. The number of aryl methyl sites for hydroxylation is 1. The van der Waals surface area contributed by atoms with Gasteiger partial charge in [-0.2, -0.15) is 0 Å². The maximum Gasteiger partial charge on any atom is 0.266 e. The molecule has 0 bridgehead atoms. The van der Waals surface area contributed by atoms with Crippen LogP contribution in [-0.2, 0) is 0 Å². The second-order valence-corrected chi connectivity index (χ2v) is 8.81. The zero-order valence-electron chi connectivity index (χ0n) is 18.3. The van der Waals surface area contributed by atoms with Gasteiger partial charge in [-0.05, 0) is 38.2 Å². The molecule has 2 heterocycles. The molecule has 0 N–H and O–H groups in total. The van der Waals surface area contributed by atoms with Crippen LogP contribution in [-0.4, -0.2) is 47.1 Å². The van der Waals surface area contributed by atoms with Crippen LogP contribution >= 0.6 is 22.9 Å². The molecule has 2 aromatic carbocycles. The molecule has 4 aromatic rings. The zero-order chi connectivity index (χ0) is 22.7. The maximum absolute atomic E-state index is 13.9. The number of carbonyl (C=O) groups is 1. The molecule has 0 fully saturated rings. The molecule has 8 heteroatoms. The lowest BCUT2D eigenvalue weighted by Gasteiger charge is -2.24. The Morgan fingerprint density at radius 2 is 1.78 bits per heavy atom. The number of halogens is 1. The minimum absolute atomic E-state index is 0.190. The highest BCUT2D eigenvalue weighted by Gasteiger charge is 2.29. The second kappa shape index (κ2) is 9.81. The molecule has 1 amide bonds. The van der Waals surface area contributed by atoms with Gasteiger partial charge in [-0.15, -0.1) is 0 Å². The molecule has 32 heavy (non-hydrogen) atoms. The third kappa shape index (κ3) is 4.41. The molecule has 0 spiro atoms. The number of thiazole rings is 1. The van der Waals surface area contributed by atoms with Gasteiger partial charge < -0.3 is 9.42 Å². The van der Waals surface area contributed by atoms with Crippen molar-refractivity contribution in [2.75, 3.05) is 31.1 Å². The van der Waals surface area contributed by atoms with Gasteiger partial charge in [-0.25, -0.2) is 4.98 Å². The monoisotopic (exact) mass is 468 g/mol. The Morgan fingerprint density at radius 3 is 2.50 bits per heavy atom. The molecule has 0 aliphatic heterocycles. The van der Waals surface area contributed by atoms with Crippen LogP contribution in [0.15, 0.2) is 53.1 Å². The van der Waals surface area contributed by atoms with Crippen LogP contribution in [0.3, 0.4) is 0 Å². The van der Waals surface area contributed by atoms with E-state index in [0.717, 1.165) is 29.9 Å². The van der Waals surface area contributed by atoms with Crippen molar-refractivity contribution in [1.29, 1.82) is 0 Å². The number of likely N-dealkylation sites (N-methyl/N-ethyl adjacent to an activating group) is 1. The quantitative estimate of drug-likeness (QED) is 0.322. The van der Waals surface area contributed by atoms with E-state index in [0.29, 0.717) is 39.3 Å². The summed E-state index contributed by atoms with van der Waals surface area (Å²) in [5.41, 5.74) is 2.41. The second-order valence-electron chi connectivity index (χ2n) is 7.39. The molecule has 0 saturated carbocycles. The van der Waals surface area contributed by atoms with Gasteiger partial charge >= 0.3 is 0 Å². The fourth-order valence-electron chi connectivity index (χ4n) is 3.64. The van der Waals surface area contributed by atoms with Crippen molar-refractivity contribution in [3.63, 3.8) is 0 Å². The van der Waals surface area contributed by atoms with Crippen LogP contribution in [0, 0.1) is 6.92 Å². The van der Waals surface area contributed by atoms with E-state index < -0.39 is 0 Å². The lowest BCUT2D eigenvalue weighted by Crippen LogP contribution is -2.39. The Bertz CT molecular complexity index is 1200. The van der Waals surface area contributed by atoms with Crippen molar-refractivity contribution in [1.82, 2.24) is 15.0 Å². The SMILES string of the molecule is CCN(CC)CCN(C(=O)c1c(-c2ccccc2Cl)noc1C)c1nc2ccccc2s1. The van der Waals surface area contributed by atoms with Crippen molar-refractivity contribution in [3.8, 4) is 11.3 Å². The number of anilines is 1. The van der Waals surface area contributed by atoms with E-state index >= 15 is 0 Å². The Labute approximate surface area is 196 Å². The van der Waals surface area contributed by atoms with Gasteiger partial charge in [-0.1, -0.05) is 72.3 Å². The lowest BCUT2D eigenvalue weighted by molar-refractivity contribution is 0.0983. The highest BCUT2D eigenvalue weighted by atomic mass is 35.5. The van der Waals surface area contributed by atoms with Gasteiger partial charge in [0.05, 0.1) is 15.2 Å². The summed E-state index contributed by atoms with van der Waals surface area (Å²) in [4.78, 5) is 22.7. The molecule has 6 nitrogen and oxygen atoms in total. The summed E-state index contributed by atoms with van der Waals surface area (Å²) < 4.78 is 6.49. The summed E-state index contributed by atoms with van der Waals surface area (Å²) in [6.07, 6.45) is 0. The summed E-state index contributed by atoms with van der Waals surface area (Å²) >= 11 is 7.92. The third-order valence-corrected chi connectivity index (χ3v) is 6.89. The molecule has 0 saturated heterocycles. The van der Waals surface area contributed by atoms with Gasteiger partial charge in [0, 0.05) is 18.7 Å². The number of rotatable bonds is 8. The number of hydrogen-bond donors (Lipinski definition) is 0. The Kier molecular flexibility index (Phi) is 6.89. The van der Waals surface area contributed by atoms with Gasteiger partial charge in [-0.3, -0.25) is 9.69 Å². The molecule has 0 aliphatic rings. The van der Waals surface area contributed by atoms with Crippen LogP contribution in [0.25, 0.3) is 21.5 Å². The smallest absolute Gasteiger partial charge is 0.266 e. The molecule has 0 unspecified atom stereocenters. The summed E-state index contributed by atoms with van der Waals surface area (Å²) in [5.74, 6) is 0.267. The average Bonchev–Trinajstić information content (AvgIpc) is 3.40. The van der Waals surface area contributed by atoms with Gasteiger partial charge in [0.25, 0.3) is 5.91 Å². The van der Waals surface area contributed by atoms with Gasteiger partial charge in [0.2, 0.25) is 0 Å². The number of carbonyl (C=O) groups excluding carboxylic acids is 1. The summed E-state index contributed by atoms with van der Waals surface area (Å²) in [6, 6.07) is 15.2. The van der Waals surface area contributed by atoms with E-state index in [1.807, 2.05) is 42.5 Å². The fraction of sp³-hybridized carbons (Fsp3) is 0.292. The van der Waals surface area contributed by atoms with Gasteiger partial charge in [0.1, 0.15) is 17.0 Å². The first-order chi connectivity index (χ1) is 15.5. The fourth-order valence-corrected chi connectivity index (χ4v) is 4.85. The van der Waals surface area contributed by atoms with E-state index in [-0.39, 0.29) is 5.91 Å². The molecular weight excluding hydrogens is 444 g/mol. The van der Waals surface area contributed by atoms with E-state index in [1.54, 1.807) is 17.9 Å². The van der Waals surface area contributed by atoms with Crippen LogP contribution < -0.4 is 4.90 Å². The van der Waals surface area contributed by atoms with E-state index in [1.165, 1.54) is 11.3 Å². The van der Waals surface area contributed by atoms with Gasteiger partial charge in [0.15, 0.2) is 5.13 Å². The molecule has 0 atom stereocenters. The standard InChI is InChI=1S/C24H25ClN4O2S/c1-4-28(5-2)14-15-29(24-26-19-12-8-9-13-20(19)32-24)23(30)21-16(3)31-27-22(21)17-10-6-7-11-18(17)25/h6-13H,4-5,14-15H2,1-3H3. The number of hydrogen-bond acceptors (Lipinski definition) is 6. The van der Waals surface area contributed by atoms with E-state index in [2.05, 4.69) is 23.9 Å². The molecule has 0 radical (unpaired) electrons. The summed E-state index contributed by atoms with van der Waals surface area (Å²) in [5, 5.41) is 5.36. The molecule has 2 aromatic heterocycles. The Hall–Kier alpha value is -2.74. The first-order valence-corrected chi connectivity index (χ1v) is 11.8. The van der Waals surface area contributed by atoms with Crippen LogP contribution in [0.5, 0.6) is 0 Å². The highest BCUT2D eigenvalue weighted by molar-refractivity contribution is 7.22. The predicted octanol–water partition coefficient (Wildman–Crippen LogP) is 5.90. The Balaban J connectivity index is 1.77. The van der Waals surface area contributed by atoms with E-state index in [4.69, 9.17) is 21.1 Å². The van der Waals surface area contributed by atoms with Crippen molar-refractivity contribution in [3.05, 3.63) is 64.9 Å². The highest BCUT2D eigenvalue weighted by Crippen LogP contribution is 2.34. The number of para-hydroxylation sites is 1. The summed E-state index contributed by atoms with van der Waals surface area (Å²) in [6.45, 7) is 9.06. The molecular formula is C24H25ClN4O2S. The minimum atomic E-state index is -0.190. The van der Waals surface area contributed by atoms with Crippen LogP contribution in [0.2, 0.25) is 5.02 Å². The first-order valence-electron chi connectivity index (χ1n) is 10.6. The molecule has 0 aliphatic carbocycles. The van der Waals surface area contributed by atoms with Crippen molar-refractivity contribution in [2.24, 2.45) is 0 Å². The summed E-state index contributed by atoms with van der Waals surface area (Å²) in [7, 11) is 0. The minimum Gasteiger partial charge on any atom is -0.360 e. The number of aromatic nitrogens is 2. The third-order valence-electron chi connectivity index (χ3n) is 5.50. The number of benzene rings is 2. The van der Waals surface area contributed by atoms with Crippen molar-refractivity contribution >= 4 is 44.2 Å². The molecule has 4 rings (SSSR count). The average molecular weight is 469 g/mol. The topological polar surface area (TPSA) is 62.5 Å². The van der Waals surface area contributed by atoms with Crippen molar-refractivity contribution in [2.45, 2.75) is 20.8 Å². The van der Waals surface area contributed by atoms with Crippen molar-refractivity contribution < 1.29 is 9.32 Å². The maximum atomic E-state index is 13.9. The largest absolute Gasteiger partial charge is 0.360 e. The Morgan fingerprint density at radius 1 is 1.06 bits per heavy atom. The number of fused-ring (bicyclic) bond motifs is 1. The zero-order valence-corrected chi connectivity index (χ0v) is 19.9. The number of amides is 1. The van der Waals surface area contributed by atoms with Crippen LogP contribution in [0.4, 0.5) is 5.13 Å². The van der Waals surface area contributed by atoms with E-state index in [9.17, 15) is 4.79 Å². The van der Waals surface area contributed by atoms with Crippen LogP contribution in [0.1, 0.15) is 30.0 Å². The lowest BCUT2D eigenvalue weighted by atomic mass is 10.1. The normalized spacial score (nSPS) is 11.4. The molecule has 166 valence electrons. The number of nitrogens with zero attached hydrogens (tertiary/aromatic N) is 4.